The van der Waals surface area contributed by atoms with Gasteiger partial charge in [0.2, 0.25) is 0 Å². The largest absolute Gasteiger partial charge is 0.478 e. The third kappa shape index (κ3) is 5.16. The Balaban J connectivity index is 0.000000230. The first-order valence-electron chi connectivity index (χ1n) is 8.15. The molecule has 0 radical (unpaired) electrons. The highest BCUT2D eigenvalue weighted by Gasteiger charge is 2.24. The molecule has 0 unspecified atom stereocenters. The molecule has 0 fully saturated rings. The lowest BCUT2D eigenvalue weighted by Gasteiger charge is -2.12. The Morgan fingerprint density at radius 1 is 0.724 bits per heavy atom. The van der Waals surface area contributed by atoms with Crippen molar-refractivity contribution < 1.29 is 39.6 Å². The van der Waals surface area contributed by atoms with Crippen LogP contribution in [0.4, 0.5) is 5.69 Å². The summed E-state index contributed by atoms with van der Waals surface area (Å²) in [6.45, 7) is 1.94. The summed E-state index contributed by atoms with van der Waals surface area (Å²) in [5.74, 6) is -6.64. The van der Waals surface area contributed by atoms with E-state index in [2.05, 4.69) is 22.0 Å². The molecule has 2 aromatic rings. The maximum Gasteiger partial charge on any atom is 0.336 e. The smallest absolute Gasteiger partial charge is 0.336 e. The standard InChI is InChI=1S/C10H6O8.C9H10N2/c11-7(12)3-1-4(8(13)14)6(10(17)18)2-5(3)9(15)16;1-2-4-9(5-3-1)11-7-6-10-8-11/h1-2H,(H,11,12)(H,13,14)(H,15,16)(H,17,18);1-5,8H,6-7H2. The minimum Gasteiger partial charge on any atom is -0.478 e. The number of nitrogens with zero attached hydrogens (tertiary/aromatic N) is 2. The number of carboxylic acids is 4. The second kappa shape index (κ2) is 9.13. The Morgan fingerprint density at radius 2 is 1.14 bits per heavy atom. The zero-order valence-electron chi connectivity index (χ0n) is 14.8. The number of rotatable bonds is 5. The molecule has 0 spiro atoms. The summed E-state index contributed by atoms with van der Waals surface area (Å²) in [5, 5.41) is 35.0. The van der Waals surface area contributed by atoms with Crippen LogP contribution in [0.25, 0.3) is 0 Å². The molecular weight excluding hydrogens is 384 g/mol. The van der Waals surface area contributed by atoms with Gasteiger partial charge in [0.05, 0.1) is 35.1 Å². The van der Waals surface area contributed by atoms with E-state index in [0.29, 0.717) is 12.1 Å². The highest BCUT2D eigenvalue weighted by Crippen LogP contribution is 2.18. The first-order chi connectivity index (χ1) is 13.7. The van der Waals surface area contributed by atoms with Crippen LogP contribution in [0.5, 0.6) is 0 Å². The summed E-state index contributed by atoms with van der Waals surface area (Å²) < 4.78 is 0. The molecule has 0 bridgehead atoms. The molecule has 0 saturated heterocycles. The van der Waals surface area contributed by atoms with Crippen LogP contribution in [0, 0.1) is 0 Å². The summed E-state index contributed by atoms with van der Waals surface area (Å²) in [6, 6.07) is 11.3. The monoisotopic (exact) mass is 400 g/mol. The van der Waals surface area contributed by atoms with E-state index in [-0.39, 0.29) is 0 Å². The zero-order chi connectivity index (χ0) is 21.6. The molecular formula is C19H16N2O8. The number of aliphatic imine (C=N–C) groups is 1. The fourth-order valence-electron chi connectivity index (χ4n) is 2.50. The molecule has 2 aromatic carbocycles. The SMILES string of the molecule is C1=NCCN1c1ccccc1.O=C(O)c1cc(C(=O)O)c(C(=O)O)cc1C(=O)O. The van der Waals surface area contributed by atoms with Crippen LogP contribution >= 0.6 is 0 Å². The number of para-hydroxylation sites is 1. The molecule has 10 heteroatoms. The van der Waals surface area contributed by atoms with E-state index in [0.717, 1.165) is 13.1 Å². The van der Waals surface area contributed by atoms with Gasteiger partial charge >= 0.3 is 23.9 Å². The molecule has 10 nitrogen and oxygen atoms in total. The van der Waals surface area contributed by atoms with Crippen molar-refractivity contribution in [2.24, 2.45) is 4.99 Å². The average Bonchev–Trinajstić information content (AvgIpc) is 3.22. The van der Waals surface area contributed by atoms with Crippen molar-refractivity contribution in [2.75, 3.05) is 18.0 Å². The predicted molar refractivity (Wildman–Crippen MR) is 101 cm³/mol. The van der Waals surface area contributed by atoms with Gasteiger partial charge in [-0.05, 0) is 24.3 Å². The van der Waals surface area contributed by atoms with Crippen LogP contribution in [0.15, 0.2) is 47.5 Å². The van der Waals surface area contributed by atoms with Crippen molar-refractivity contribution in [2.45, 2.75) is 0 Å². The van der Waals surface area contributed by atoms with Gasteiger partial charge in [-0.2, -0.15) is 0 Å². The van der Waals surface area contributed by atoms with Gasteiger partial charge in [0.15, 0.2) is 0 Å². The van der Waals surface area contributed by atoms with E-state index in [9.17, 15) is 19.2 Å². The number of anilines is 1. The second-order valence-electron chi connectivity index (χ2n) is 5.71. The molecule has 0 atom stereocenters. The highest BCUT2D eigenvalue weighted by molar-refractivity contribution is 6.09. The van der Waals surface area contributed by atoms with Crippen LogP contribution in [0.1, 0.15) is 41.4 Å². The summed E-state index contributed by atoms with van der Waals surface area (Å²) in [4.78, 5) is 49.4. The minimum atomic E-state index is -1.66. The van der Waals surface area contributed by atoms with Crippen LogP contribution < -0.4 is 4.90 Å². The molecule has 0 aliphatic carbocycles. The molecule has 0 saturated carbocycles. The Labute approximate surface area is 164 Å². The van der Waals surface area contributed by atoms with Gasteiger partial charge in [-0.25, -0.2) is 19.2 Å². The summed E-state index contributed by atoms with van der Waals surface area (Å²) in [6.07, 6.45) is 1.90. The zero-order valence-corrected chi connectivity index (χ0v) is 14.8. The van der Waals surface area contributed by atoms with E-state index in [1.54, 1.807) is 0 Å². The lowest BCUT2D eigenvalue weighted by Crippen LogP contribution is -2.17. The van der Waals surface area contributed by atoms with Gasteiger partial charge in [0.1, 0.15) is 0 Å². The summed E-state index contributed by atoms with van der Waals surface area (Å²) >= 11 is 0. The van der Waals surface area contributed by atoms with Gasteiger partial charge < -0.3 is 25.3 Å². The molecule has 3 rings (SSSR count). The van der Waals surface area contributed by atoms with Crippen molar-refractivity contribution in [3.63, 3.8) is 0 Å². The quantitative estimate of drug-likeness (QED) is 0.587. The predicted octanol–water partition coefficient (Wildman–Crippen LogP) is 2.01. The van der Waals surface area contributed by atoms with Gasteiger partial charge in [0.25, 0.3) is 0 Å². The normalized spacial score (nSPS) is 12.1. The Kier molecular flexibility index (Phi) is 6.64. The number of carboxylic acid groups (broad SMARTS) is 4. The van der Waals surface area contributed by atoms with Gasteiger partial charge in [-0.3, -0.25) is 4.99 Å². The van der Waals surface area contributed by atoms with E-state index in [1.807, 2.05) is 24.5 Å². The Morgan fingerprint density at radius 3 is 1.45 bits per heavy atom. The maximum absolute atomic E-state index is 10.8. The van der Waals surface area contributed by atoms with Crippen molar-refractivity contribution in [1.82, 2.24) is 0 Å². The van der Waals surface area contributed by atoms with Crippen LogP contribution in [-0.2, 0) is 0 Å². The topological polar surface area (TPSA) is 165 Å². The Hall–Kier alpha value is -4.21. The molecule has 4 N–H and O–H groups in total. The molecule has 0 aromatic heterocycles. The molecule has 1 heterocycles. The second-order valence-corrected chi connectivity index (χ2v) is 5.71. The van der Waals surface area contributed by atoms with E-state index in [1.165, 1.54) is 5.69 Å². The van der Waals surface area contributed by atoms with E-state index < -0.39 is 46.1 Å². The first kappa shape index (κ1) is 21.1. The number of hydrogen-bond acceptors (Lipinski definition) is 6. The highest BCUT2D eigenvalue weighted by atomic mass is 16.4. The molecule has 1 aliphatic heterocycles. The summed E-state index contributed by atoms with van der Waals surface area (Å²) in [7, 11) is 0. The summed E-state index contributed by atoms with van der Waals surface area (Å²) in [5.41, 5.74) is -1.92. The van der Waals surface area contributed by atoms with Crippen LogP contribution in [0.2, 0.25) is 0 Å². The Bertz CT molecular complexity index is 887. The van der Waals surface area contributed by atoms with Crippen molar-refractivity contribution in [3.05, 3.63) is 64.7 Å². The van der Waals surface area contributed by atoms with E-state index in [4.69, 9.17) is 20.4 Å². The number of aromatic carboxylic acids is 4. The van der Waals surface area contributed by atoms with Gasteiger partial charge in [-0.1, -0.05) is 18.2 Å². The van der Waals surface area contributed by atoms with Crippen LogP contribution in [0.3, 0.4) is 0 Å². The van der Waals surface area contributed by atoms with Gasteiger partial charge in [0, 0.05) is 12.2 Å². The van der Waals surface area contributed by atoms with Crippen molar-refractivity contribution in [3.8, 4) is 0 Å². The van der Waals surface area contributed by atoms with Gasteiger partial charge in [-0.15, -0.1) is 0 Å². The third-order valence-electron chi connectivity index (χ3n) is 3.86. The first-order valence-corrected chi connectivity index (χ1v) is 8.15. The van der Waals surface area contributed by atoms with Crippen LogP contribution in [-0.4, -0.2) is 63.7 Å². The fourth-order valence-corrected chi connectivity index (χ4v) is 2.50. The minimum absolute atomic E-state index is 0.511. The molecule has 29 heavy (non-hydrogen) atoms. The average molecular weight is 400 g/mol. The third-order valence-corrected chi connectivity index (χ3v) is 3.86. The van der Waals surface area contributed by atoms with Crippen molar-refractivity contribution >= 4 is 35.9 Å². The van der Waals surface area contributed by atoms with E-state index >= 15 is 0 Å². The lowest BCUT2D eigenvalue weighted by atomic mass is 9.98. The molecule has 0 amide bonds. The maximum atomic E-state index is 10.8. The van der Waals surface area contributed by atoms with Crippen molar-refractivity contribution in [1.29, 1.82) is 0 Å². The fraction of sp³-hybridized carbons (Fsp3) is 0.105. The number of hydrogen-bond donors (Lipinski definition) is 4. The number of benzene rings is 2. The lowest BCUT2D eigenvalue weighted by molar-refractivity contribution is 0.0637. The molecule has 1 aliphatic rings. The number of carbonyl (C=O) groups is 4. The molecule has 150 valence electrons.